The maximum atomic E-state index is 12.8. The van der Waals surface area contributed by atoms with E-state index < -0.39 is 0 Å². The highest BCUT2D eigenvalue weighted by molar-refractivity contribution is 5.95. The number of amides is 3. The lowest BCUT2D eigenvalue weighted by molar-refractivity contribution is 0.0670. The van der Waals surface area contributed by atoms with Crippen molar-refractivity contribution in [2.45, 2.75) is 27.2 Å². The zero-order valence-electron chi connectivity index (χ0n) is 19.0. The minimum absolute atomic E-state index is 0.0760. The number of anilines is 1. The normalized spacial score (nSPS) is 13.8. The highest BCUT2D eigenvalue weighted by Crippen LogP contribution is 2.20. The molecule has 33 heavy (non-hydrogen) atoms. The van der Waals surface area contributed by atoms with Gasteiger partial charge in [0.2, 0.25) is 0 Å². The smallest absolute Gasteiger partial charge is 0.321 e. The van der Waals surface area contributed by atoms with Crippen molar-refractivity contribution < 1.29 is 14.0 Å². The fraction of sp³-hybridized carbons (Fsp3) is 0.333. The molecule has 0 atom stereocenters. The Kier molecular flexibility index (Phi) is 6.30. The Morgan fingerprint density at radius 2 is 1.82 bits per heavy atom. The number of carbonyl (C=O) groups is 2. The molecule has 1 aromatic carbocycles. The Balaban J connectivity index is 1.39. The van der Waals surface area contributed by atoms with Crippen LogP contribution in [0.15, 0.2) is 45.6 Å². The molecule has 1 aliphatic heterocycles. The molecule has 0 aliphatic carbocycles. The molecule has 1 fully saturated rings. The summed E-state index contributed by atoms with van der Waals surface area (Å²) in [5.41, 5.74) is 2.38. The van der Waals surface area contributed by atoms with Crippen molar-refractivity contribution in [3.63, 3.8) is 0 Å². The summed E-state index contributed by atoms with van der Waals surface area (Å²) in [4.78, 5) is 48.1. The number of nitrogens with one attached hydrogen (secondary N) is 2. The van der Waals surface area contributed by atoms with Crippen LogP contribution in [0.5, 0.6) is 0 Å². The van der Waals surface area contributed by atoms with Crippen molar-refractivity contribution in [2.24, 2.45) is 0 Å². The molecule has 9 nitrogen and oxygen atoms in total. The van der Waals surface area contributed by atoms with E-state index in [4.69, 9.17) is 4.42 Å². The van der Waals surface area contributed by atoms with Crippen LogP contribution < -0.4 is 10.9 Å². The van der Waals surface area contributed by atoms with E-state index in [0.717, 1.165) is 0 Å². The van der Waals surface area contributed by atoms with Gasteiger partial charge in [0.15, 0.2) is 0 Å². The molecule has 2 N–H and O–H groups in total. The van der Waals surface area contributed by atoms with Crippen molar-refractivity contribution in [1.82, 2.24) is 19.8 Å². The van der Waals surface area contributed by atoms with Crippen LogP contribution in [0.2, 0.25) is 0 Å². The Morgan fingerprint density at radius 3 is 2.48 bits per heavy atom. The average Bonchev–Trinajstić information content (AvgIpc) is 3.16. The Hall–Kier alpha value is -3.88. The van der Waals surface area contributed by atoms with Crippen LogP contribution in [-0.4, -0.2) is 57.9 Å². The minimum atomic E-state index is -0.238. The summed E-state index contributed by atoms with van der Waals surface area (Å²) < 4.78 is 5.47. The number of rotatable bonds is 4. The summed E-state index contributed by atoms with van der Waals surface area (Å²) in [6.07, 6.45) is 0.654. The number of hydrogen-bond acceptors (Lipinski definition) is 5. The van der Waals surface area contributed by atoms with Gasteiger partial charge in [-0.15, -0.1) is 0 Å². The van der Waals surface area contributed by atoms with Gasteiger partial charge in [-0.2, -0.15) is 0 Å². The second-order valence-electron chi connectivity index (χ2n) is 8.06. The largest absolute Gasteiger partial charge is 0.466 e. The first-order valence-corrected chi connectivity index (χ1v) is 11.0. The summed E-state index contributed by atoms with van der Waals surface area (Å²) in [6.45, 7) is 7.29. The van der Waals surface area contributed by atoms with Gasteiger partial charge in [0.05, 0.1) is 5.56 Å². The van der Waals surface area contributed by atoms with Crippen LogP contribution in [0.25, 0.3) is 11.4 Å². The molecular formula is C24H27N5O4. The maximum Gasteiger partial charge on any atom is 0.321 e. The Bertz CT molecular complexity index is 1240. The van der Waals surface area contributed by atoms with E-state index in [-0.39, 0.29) is 17.5 Å². The van der Waals surface area contributed by atoms with Crippen molar-refractivity contribution >= 4 is 17.6 Å². The molecule has 0 unspecified atom stereocenters. The van der Waals surface area contributed by atoms with Gasteiger partial charge in [0.1, 0.15) is 17.3 Å². The van der Waals surface area contributed by atoms with E-state index in [1.165, 1.54) is 6.07 Å². The molecule has 0 bridgehead atoms. The molecular weight excluding hydrogens is 422 g/mol. The van der Waals surface area contributed by atoms with Gasteiger partial charge < -0.3 is 24.5 Å². The van der Waals surface area contributed by atoms with Crippen molar-refractivity contribution in [3.05, 3.63) is 69.5 Å². The summed E-state index contributed by atoms with van der Waals surface area (Å²) >= 11 is 0. The Labute approximate surface area is 191 Å². The predicted molar refractivity (Wildman–Crippen MR) is 124 cm³/mol. The van der Waals surface area contributed by atoms with Crippen molar-refractivity contribution in [1.29, 1.82) is 0 Å². The van der Waals surface area contributed by atoms with E-state index in [0.29, 0.717) is 72.5 Å². The molecule has 3 amide bonds. The van der Waals surface area contributed by atoms with Crippen LogP contribution >= 0.6 is 0 Å². The van der Waals surface area contributed by atoms with Gasteiger partial charge in [0, 0.05) is 49.2 Å². The molecule has 2 aromatic heterocycles. The minimum Gasteiger partial charge on any atom is -0.466 e. The first-order chi connectivity index (χ1) is 15.8. The van der Waals surface area contributed by atoms with Gasteiger partial charge >= 0.3 is 6.03 Å². The number of furan rings is 1. The van der Waals surface area contributed by atoms with Crippen molar-refractivity contribution in [3.8, 4) is 11.4 Å². The SMILES string of the molecule is CCc1cc(=O)[nH]c(-c2cccc(NC(=O)N3CCN(C(=O)c4cc(C)oc4C)CC3)c2)n1. The first-order valence-electron chi connectivity index (χ1n) is 11.0. The second-order valence-corrected chi connectivity index (χ2v) is 8.06. The third-order valence-electron chi connectivity index (χ3n) is 5.67. The van der Waals surface area contributed by atoms with E-state index in [2.05, 4.69) is 15.3 Å². The van der Waals surface area contributed by atoms with Crippen LogP contribution in [0.1, 0.15) is 34.5 Å². The standard InChI is InChI=1S/C24H27N5O4/c1-4-18-14-21(30)27-22(25-18)17-6-5-7-19(13-17)26-24(32)29-10-8-28(9-11-29)23(31)20-12-15(2)33-16(20)3/h5-7,12-14H,4,8-11H2,1-3H3,(H,26,32)(H,25,27,30). The summed E-state index contributed by atoms with van der Waals surface area (Å²) in [7, 11) is 0. The molecule has 0 radical (unpaired) electrons. The van der Waals surface area contributed by atoms with Crippen LogP contribution in [0, 0.1) is 13.8 Å². The highest BCUT2D eigenvalue weighted by Gasteiger charge is 2.27. The van der Waals surface area contributed by atoms with Gasteiger partial charge in [-0.1, -0.05) is 19.1 Å². The van der Waals surface area contributed by atoms with E-state index in [1.54, 1.807) is 41.0 Å². The molecule has 3 heterocycles. The predicted octanol–water partition coefficient (Wildman–Crippen LogP) is 3.20. The zero-order valence-corrected chi connectivity index (χ0v) is 19.0. The maximum absolute atomic E-state index is 12.8. The van der Waals surface area contributed by atoms with Gasteiger partial charge in [-0.3, -0.25) is 9.59 Å². The number of aromatic nitrogens is 2. The summed E-state index contributed by atoms with van der Waals surface area (Å²) in [5.74, 6) is 1.70. The lowest BCUT2D eigenvalue weighted by atomic mass is 10.1. The fourth-order valence-electron chi connectivity index (χ4n) is 3.90. The fourth-order valence-corrected chi connectivity index (χ4v) is 3.90. The number of aryl methyl sites for hydroxylation is 3. The molecule has 1 saturated heterocycles. The second kappa shape index (κ2) is 9.32. The highest BCUT2D eigenvalue weighted by atomic mass is 16.3. The molecule has 9 heteroatoms. The third kappa shape index (κ3) is 4.97. The number of carbonyl (C=O) groups excluding carboxylic acids is 2. The monoisotopic (exact) mass is 449 g/mol. The van der Waals surface area contributed by atoms with Crippen molar-refractivity contribution in [2.75, 3.05) is 31.5 Å². The average molecular weight is 450 g/mol. The number of benzene rings is 1. The Morgan fingerprint density at radius 1 is 1.09 bits per heavy atom. The molecule has 0 saturated carbocycles. The number of hydrogen-bond donors (Lipinski definition) is 2. The topological polar surface area (TPSA) is 112 Å². The van der Waals surface area contributed by atoms with Gasteiger partial charge in [-0.05, 0) is 38.5 Å². The molecule has 4 rings (SSSR count). The summed E-state index contributed by atoms with van der Waals surface area (Å²) in [6, 6.07) is 10.2. The van der Waals surface area contributed by atoms with E-state index >= 15 is 0 Å². The van der Waals surface area contributed by atoms with Gasteiger partial charge in [0.25, 0.3) is 11.5 Å². The number of piperazine rings is 1. The zero-order chi connectivity index (χ0) is 23.5. The van der Waals surface area contributed by atoms with Crippen LogP contribution in [0.3, 0.4) is 0 Å². The molecule has 172 valence electrons. The number of nitrogens with zero attached hydrogens (tertiary/aromatic N) is 3. The van der Waals surface area contributed by atoms with E-state index in [1.807, 2.05) is 19.9 Å². The van der Waals surface area contributed by atoms with Crippen LogP contribution in [-0.2, 0) is 6.42 Å². The molecule has 1 aliphatic rings. The lowest BCUT2D eigenvalue weighted by Crippen LogP contribution is -2.51. The molecule has 3 aromatic rings. The quantitative estimate of drug-likeness (QED) is 0.635. The third-order valence-corrected chi connectivity index (χ3v) is 5.67. The first kappa shape index (κ1) is 22.3. The van der Waals surface area contributed by atoms with E-state index in [9.17, 15) is 14.4 Å². The number of H-pyrrole nitrogens is 1. The number of urea groups is 1. The summed E-state index contributed by atoms with van der Waals surface area (Å²) in [5, 5.41) is 2.90. The number of aromatic amines is 1. The lowest BCUT2D eigenvalue weighted by Gasteiger charge is -2.34. The van der Waals surface area contributed by atoms with Gasteiger partial charge in [-0.25, -0.2) is 9.78 Å². The van der Waals surface area contributed by atoms with Crippen LogP contribution in [0.4, 0.5) is 10.5 Å². The molecule has 0 spiro atoms.